The van der Waals surface area contributed by atoms with E-state index in [-0.39, 0.29) is 24.0 Å². The van der Waals surface area contributed by atoms with Crippen molar-refractivity contribution in [1.82, 2.24) is 25.4 Å². The van der Waals surface area contributed by atoms with E-state index in [1.165, 1.54) is 31.2 Å². The predicted octanol–water partition coefficient (Wildman–Crippen LogP) is 4.34. The summed E-state index contributed by atoms with van der Waals surface area (Å²) >= 11 is 0. The van der Waals surface area contributed by atoms with Gasteiger partial charge in [-0.15, -0.1) is 34.2 Å². The highest BCUT2D eigenvalue weighted by molar-refractivity contribution is 14.0. The maximum atomic E-state index is 4.77. The van der Waals surface area contributed by atoms with E-state index in [2.05, 4.69) is 46.8 Å². The molecule has 0 radical (unpaired) electrons. The molecule has 0 aliphatic carbocycles. The van der Waals surface area contributed by atoms with Crippen LogP contribution >= 0.6 is 24.0 Å². The first-order valence-corrected chi connectivity index (χ1v) is 10.0. The first-order chi connectivity index (χ1) is 13.1. The highest BCUT2D eigenvalue weighted by Crippen LogP contribution is 2.06. The molecule has 0 spiro atoms. The summed E-state index contributed by atoms with van der Waals surface area (Å²) in [6, 6.07) is 10.7. The number of aliphatic imine (C=N–C) groups is 1. The number of halogens is 1. The largest absolute Gasteiger partial charge is 0.354 e. The number of rotatable bonds is 10. The fourth-order valence-electron chi connectivity index (χ4n) is 2.86. The number of nitrogens with zero attached hydrogens (tertiary/aromatic N) is 4. The number of nitrogens with one attached hydrogen (secondary N) is 2. The molecule has 2 rings (SSSR count). The Morgan fingerprint density at radius 2 is 1.89 bits per heavy atom. The van der Waals surface area contributed by atoms with Gasteiger partial charge in [0.1, 0.15) is 5.82 Å². The second-order valence-electron chi connectivity index (χ2n) is 7.12. The second-order valence-corrected chi connectivity index (χ2v) is 7.12. The van der Waals surface area contributed by atoms with Crippen molar-refractivity contribution in [3.63, 3.8) is 0 Å². The van der Waals surface area contributed by atoms with Crippen molar-refractivity contribution in [2.24, 2.45) is 12.0 Å². The van der Waals surface area contributed by atoms with Crippen molar-refractivity contribution >= 4 is 29.9 Å². The Balaban J connectivity index is 0.00000392. The molecule has 1 aromatic carbocycles. The van der Waals surface area contributed by atoms with Gasteiger partial charge >= 0.3 is 0 Å². The van der Waals surface area contributed by atoms with Crippen LogP contribution in [0, 0.1) is 6.92 Å². The molecule has 0 amide bonds. The molecular weight excluding hydrogens is 463 g/mol. The lowest BCUT2D eigenvalue weighted by Gasteiger charge is -2.18. The van der Waals surface area contributed by atoms with Crippen molar-refractivity contribution in [3.8, 4) is 0 Å². The maximum Gasteiger partial charge on any atom is 0.192 e. The lowest BCUT2D eigenvalue weighted by atomic mass is 10.1. The van der Waals surface area contributed by atoms with Crippen molar-refractivity contribution in [1.29, 1.82) is 0 Å². The number of guanidine groups is 1. The van der Waals surface area contributed by atoms with E-state index >= 15 is 0 Å². The molecule has 0 fully saturated rings. The minimum Gasteiger partial charge on any atom is -0.354 e. The van der Waals surface area contributed by atoms with Gasteiger partial charge in [0.2, 0.25) is 0 Å². The van der Waals surface area contributed by atoms with Gasteiger partial charge in [-0.25, -0.2) is 4.99 Å². The van der Waals surface area contributed by atoms with Crippen LogP contribution in [0.4, 0.5) is 0 Å². The number of aromatic nitrogens is 3. The molecule has 7 heteroatoms. The normalized spacial score (nSPS) is 12.4. The molecule has 156 valence electrons. The molecule has 28 heavy (non-hydrogen) atoms. The number of hydrogen-bond acceptors (Lipinski definition) is 3. The van der Waals surface area contributed by atoms with Gasteiger partial charge in [0.25, 0.3) is 0 Å². The molecule has 0 bridgehead atoms. The van der Waals surface area contributed by atoms with Gasteiger partial charge in [0.15, 0.2) is 11.8 Å². The fraction of sp³-hybridized carbons (Fsp3) is 0.571. The van der Waals surface area contributed by atoms with Gasteiger partial charge in [-0.1, -0.05) is 62.9 Å². The standard InChI is InChI=1S/C21H34N6.HI/c1-5-6-7-9-12-17(2)24-21(22-15-19-13-10-8-11-14-19)23-16-20-26-25-18(3)27(20)4;/h8,10-11,13-14,17H,5-7,9,12,15-16H2,1-4H3,(H2,22,23,24);1H. The van der Waals surface area contributed by atoms with E-state index in [1.807, 2.05) is 36.7 Å². The van der Waals surface area contributed by atoms with Crippen LogP contribution in [0.25, 0.3) is 0 Å². The van der Waals surface area contributed by atoms with Gasteiger partial charge in [-0.05, 0) is 25.8 Å². The SMILES string of the molecule is CCCCCCC(C)NC(=NCc1ccccc1)NCc1nnc(C)n1C.I. The average Bonchev–Trinajstić information content (AvgIpc) is 3.00. The topological polar surface area (TPSA) is 67.1 Å². The molecule has 2 N–H and O–H groups in total. The van der Waals surface area contributed by atoms with Gasteiger partial charge in [0, 0.05) is 13.1 Å². The molecule has 1 aromatic heterocycles. The molecule has 0 aliphatic rings. The smallest absolute Gasteiger partial charge is 0.192 e. The zero-order valence-electron chi connectivity index (χ0n) is 17.6. The third kappa shape index (κ3) is 8.58. The quantitative estimate of drug-likeness (QED) is 0.222. The summed E-state index contributed by atoms with van der Waals surface area (Å²) < 4.78 is 2.00. The number of benzene rings is 1. The van der Waals surface area contributed by atoms with E-state index in [9.17, 15) is 0 Å². The Bertz CT molecular complexity index is 698. The van der Waals surface area contributed by atoms with Crippen LogP contribution in [-0.2, 0) is 20.1 Å². The summed E-state index contributed by atoms with van der Waals surface area (Å²) in [4.78, 5) is 4.77. The minimum atomic E-state index is 0. The van der Waals surface area contributed by atoms with Crippen LogP contribution in [-0.4, -0.2) is 26.8 Å². The summed E-state index contributed by atoms with van der Waals surface area (Å²) in [7, 11) is 1.98. The number of hydrogen-bond donors (Lipinski definition) is 2. The van der Waals surface area contributed by atoms with Gasteiger partial charge in [-0.2, -0.15) is 0 Å². The Morgan fingerprint density at radius 3 is 2.54 bits per heavy atom. The molecule has 0 saturated carbocycles. The Kier molecular flexibility index (Phi) is 11.8. The van der Waals surface area contributed by atoms with Crippen molar-refractivity contribution < 1.29 is 0 Å². The van der Waals surface area contributed by atoms with E-state index < -0.39 is 0 Å². The van der Waals surface area contributed by atoms with Crippen molar-refractivity contribution in [2.45, 2.75) is 72.0 Å². The van der Waals surface area contributed by atoms with E-state index in [0.29, 0.717) is 19.1 Å². The van der Waals surface area contributed by atoms with Crippen LogP contribution in [0.5, 0.6) is 0 Å². The monoisotopic (exact) mass is 498 g/mol. The lowest BCUT2D eigenvalue weighted by molar-refractivity contribution is 0.535. The van der Waals surface area contributed by atoms with Crippen LogP contribution in [0.15, 0.2) is 35.3 Å². The first kappa shape index (κ1) is 24.4. The molecule has 0 saturated heterocycles. The van der Waals surface area contributed by atoms with Crippen LogP contribution < -0.4 is 10.6 Å². The van der Waals surface area contributed by atoms with Crippen LogP contribution in [0.1, 0.15) is 63.2 Å². The zero-order chi connectivity index (χ0) is 19.5. The summed E-state index contributed by atoms with van der Waals surface area (Å²) in [6.07, 6.45) is 6.27. The summed E-state index contributed by atoms with van der Waals surface area (Å²) in [6.45, 7) is 7.67. The maximum absolute atomic E-state index is 4.77. The predicted molar refractivity (Wildman–Crippen MR) is 127 cm³/mol. The van der Waals surface area contributed by atoms with Gasteiger partial charge < -0.3 is 15.2 Å². The first-order valence-electron chi connectivity index (χ1n) is 10.0. The highest BCUT2D eigenvalue weighted by Gasteiger charge is 2.09. The number of unbranched alkanes of at least 4 members (excludes halogenated alkanes) is 3. The fourth-order valence-corrected chi connectivity index (χ4v) is 2.86. The Labute approximate surface area is 186 Å². The van der Waals surface area contributed by atoms with Crippen LogP contribution in [0.2, 0.25) is 0 Å². The molecule has 0 aliphatic heterocycles. The molecular formula is C21H35IN6. The Hall–Kier alpha value is -1.64. The van der Waals surface area contributed by atoms with Gasteiger partial charge in [0.05, 0.1) is 13.1 Å². The highest BCUT2D eigenvalue weighted by atomic mass is 127. The molecule has 6 nitrogen and oxygen atoms in total. The second kappa shape index (κ2) is 13.5. The molecule has 1 atom stereocenters. The van der Waals surface area contributed by atoms with E-state index in [0.717, 1.165) is 24.0 Å². The minimum absolute atomic E-state index is 0. The average molecular weight is 498 g/mol. The summed E-state index contributed by atoms with van der Waals surface area (Å²) in [5.74, 6) is 2.63. The van der Waals surface area contributed by atoms with Gasteiger partial charge in [-0.3, -0.25) is 0 Å². The van der Waals surface area contributed by atoms with Crippen molar-refractivity contribution in [3.05, 3.63) is 47.5 Å². The van der Waals surface area contributed by atoms with E-state index in [4.69, 9.17) is 4.99 Å². The zero-order valence-corrected chi connectivity index (χ0v) is 19.9. The summed E-state index contributed by atoms with van der Waals surface area (Å²) in [5.41, 5.74) is 1.20. The Morgan fingerprint density at radius 1 is 1.14 bits per heavy atom. The third-order valence-electron chi connectivity index (χ3n) is 4.73. The van der Waals surface area contributed by atoms with Crippen molar-refractivity contribution in [2.75, 3.05) is 0 Å². The lowest BCUT2D eigenvalue weighted by Crippen LogP contribution is -2.42. The summed E-state index contributed by atoms with van der Waals surface area (Å²) in [5, 5.41) is 15.3. The van der Waals surface area contributed by atoms with Crippen LogP contribution in [0.3, 0.4) is 0 Å². The molecule has 1 unspecified atom stereocenters. The molecule has 2 aromatic rings. The number of aryl methyl sites for hydroxylation is 1. The van der Waals surface area contributed by atoms with E-state index in [1.54, 1.807) is 0 Å². The third-order valence-corrected chi connectivity index (χ3v) is 4.73. The molecule has 1 heterocycles.